The lowest BCUT2D eigenvalue weighted by atomic mass is 10.5. The molecule has 1 rings (SSSR count). The summed E-state index contributed by atoms with van der Waals surface area (Å²) in [5, 5.41) is 3.66. The molecular formula is C5H6N2O2S. The summed E-state index contributed by atoms with van der Waals surface area (Å²) in [5.41, 5.74) is 1.42. The van der Waals surface area contributed by atoms with Crippen LogP contribution in [0.4, 0.5) is 0 Å². The fraction of sp³-hybridized carbons (Fsp3) is 0.400. The summed E-state index contributed by atoms with van der Waals surface area (Å²) in [5.74, 6) is -0.0620. The molecule has 0 spiro atoms. The second-order valence-corrected chi connectivity index (χ2v) is 2.66. The topological polar surface area (TPSA) is 52.0 Å². The van der Waals surface area contributed by atoms with Crippen molar-refractivity contribution in [3.63, 3.8) is 0 Å². The Balaban J connectivity index is 2.85. The normalized spacial score (nSPS) is 9.70. The molecule has 0 radical (unpaired) electrons. The molecule has 0 bridgehead atoms. The van der Waals surface area contributed by atoms with Crippen LogP contribution in [-0.2, 0) is 11.3 Å². The second kappa shape index (κ2) is 2.74. The van der Waals surface area contributed by atoms with Crippen LogP contribution in [0.25, 0.3) is 0 Å². The summed E-state index contributed by atoms with van der Waals surface area (Å²) in [7, 11) is 0. The van der Waals surface area contributed by atoms with Gasteiger partial charge in [0.2, 0.25) is 0 Å². The van der Waals surface area contributed by atoms with Gasteiger partial charge in [-0.15, -0.1) is 0 Å². The quantitative estimate of drug-likeness (QED) is 0.603. The molecule has 1 aromatic heterocycles. The second-order valence-electron chi connectivity index (χ2n) is 1.86. The molecule has 0 aliphatic heterocycles. The van der Waals surface area contributed by atoms with Crippen molar-refractivity contribution in [1.29, 1.82) is 0 Å². The minimum Gasteiger partial charge on any atom is -0.298 e. The van der Waals surface area contributed by atoms with Crippen LogP contribution in [0.2, 0.25) is 0 Å². The van der Waals surface area contributed by atoms with E-state index in [0.717, 1.165) is 16.0 Å². The Kier molecular flexibility index (Phi) is 1.96. The van der Waals surface area contributed by atoms with Gasteiger partial charge in [0.15, 0.2) is 5.78 Å². The van der Waals surface area contributed by atoms with Crippen LogP contribution in [0.3, 0.4) is 0 Å². The number of hydrogen-bond acceptors (Lipinski definition) is 4. The van der Waals surface area contributed by atoms with Crippen molar-refractivity contribution in [2.45, 2.75) is 13.5 Å². The van der Waals surface area contributed by atoms with Crippen LogP contribution >= 0.6 is 11.3 Å². The maximum atomic E-state index is 10.7. The van der Waals surface area contributed by atoms with Crippen molar-refractivity contribution in [3.05, 3.63) is 15.2 Å². The lowest BCUT2D eigenvalue weighted by Crippen LogP contribution is -2.18. The molecule has 0 saturated carbocycles. The number of carbonyl (C=O) groups excluding carboxylic acids is 1. The van der Waals surface area contributed by atoms with Crippen LogP contribution in [0.1, 0.15) is 6.92 Å². The molecule has 0 unspecified atom stereocenters. The van der Waals surface area contributed by atoms with Gasteiger partial charge in [0, 0.05) is 0 Å². The van der Waals surface area contributed by atoms with Gasteiger partial charge in [-0.05, 0) is 6.92 Å². The highest BCUT2D eigenvalue weighted by Crippen LogP contribution is 1.82. The van der Waals surface area contributed by atoms with E-state index in [1.54, 1.807) is 0 Å². The van der Waals surface area contributed by atoms with Crippen LogP contribution in [-0.4, -0.2) is 15.6 Å². The third-order valence-corrected chi connectivity index (χ3v) is 1.54. The molecule has 0 aromatic carbocycles. The third kappa shape index (κ3) is 1.51. The number of rotatable bonds is 2. The van der Waals surface area contributed by atoms with Crippen LogP contribution in [0.15, 0.2) is 10.3 Å². The zero-order valence-corrected chi connectivity index (χ0v) is 6.22. The first-order chi connectivity index (χ1) is 4.70. The van der Waals surface area contributed by atoms with Gasteiger partial charge in [0.1, 0.15) is 12.1 Å². The number of Topliss-reactive ketones (excluding diaryl/α,β-unsaturated/α-hetero) is 1. The molecular weight excluding hydrogens is 152 g/mol. The van der Waals surface area contributed by atoms with Crippen LogP contribution in [0.5, 0.6) is 0 Å². The molecule has 0 aliphatic carbocycles. The first-order valence-electron chi connectivity index (χ1n) is 2.70. The predicted molar refractivity (Wildman–Crippen MR) is 37.1 cm³/mol. The van der Waals surface area contributed by atoms with Crippen LogP contribution in [0, 0.1) is 0 Å². The van der Waals surface area contributed by atoms with E-state index in [4.69, 9.17) is 0 Å². The van der Waals surface area contributed by atoms with Crippen molar-refractivity contribution >= 4 is 17.1 Å². The van der Waals surface area contributed by atoms with Gasteiger partial charge in [0.25, 0.3) is 0 Å². The Hall–Kier alpha value is -0.970. The van der Waals surface area contributed by atoms with Gasteiger partial charge in [-0.25, -0.2) is 4.68 Å². The van der Waals surface area contributed by atoms with Gasteiger partial charge in [0.05, 0.1) is 0 Å². The van der Waals surface area contributed by atoms with Crippen molar-refractivity contribution < 1.29 is 4.79 Å². The molecule has 1 aromatic rings. The number of aromatic nitrogens is 2. The Bertz CT molecular complexity index is 288. The van der Waals surface area contributed by atoms with Crippen molar-refractivity contribution in [2.24, 2.45) is 0 Å². The summed E-state index contributed by atoms with van der Waals surface area (Å²) in [4.78, 5) is 21.0. The van der Waals surface area contributed by atoms with E-state index in [0.29, 0.717) is 0 Å². The summed E-state index contributed by atoms with van der Waals surface area (Å²) < 4.78 is 1.15. The van der Waals surface area contributed by atoms with Gasteiger partial charge in [-0.1, -0.05) is 11.3 Å². The van der Waals surface area contributed by atoms with E-state index < -0.39 is 0 Å². The summed E-state index contributed by atoms with van der Waals surface area (Å²) >= 11 is 0.990. The third-order valence-electron chi connectivity index (χ3n) is 0.923. The fourth-order valence-corrected chi connectivity index (χ4v) is 1.03. The van der Waals surface area contributed by atoms with Crippen molar-refractivity contribution in [1.82, 2.24) is 9.78 Å². The molecule has 0 N–H and O–H groups in total. The molecule has 0 amide bonds. The Morgan fingerprint density at radius 3 is 3.00 bits per heavy atom. The highest BCUT2D eigenvalue weighted by atomic mass is 32.1. The van der Waals surface area contributed by atoms with E-state index in [2.05, 4.69) is 5.10 Å². The SMILES string of the molecule is CC(=O)Cn1ncsc1=O. The highest BCUT2D eigenvalue weighted by Gasteiger charge is 1.99. The van der Waals surface area contributed by atoms with Gasteiger partial charge in [-0.2, -0.15) is 5.10 Å². The first-order valence-corrected chi connectivity index (χ1v) is 3.58. The fourth-order valence-electron chi connectivity index (χ4n) is 0.550. The Labute approximate surface area is 61.1 Å². The Morgan fingerprint density at radius 1 is 1.90 bits per heavy atom. The van der Waals surface area contributed by atoms with Crippen LogP contribution < -0.4 is 4.87 Å². The lowest BCUT2D eigenvalue weighted by molar-refractivity contribution is -0.117. The molecule has 1 heterocycles. The smallest absolute Gasteiger partial charge is 0.298 e. The van der Waals surface area contributed by atoms with E-state index in [1.807, 2.05) is 0 Å². The molecule has 0 aliphatic rings. The zero-order valence-electron chi connectivity index (χ0n) is 5.40. The minimum absolute atomic E-state index is 0.0620. The van der Waals surface area contributed by atoms with E-state index >= 15 is 0 Å². The number of carbonyl (C=O) groups is 1. The minimum atomic E-state index is -0.185. The van der Waals surface area contributed by atoms with Gasteiger partial charge in [-0.3, -0.25) is 9.59 Å². The van der Waals surface area contributed by atoms with E-state index in [1.165, 1.54) is 12.4 Å². The maximum Gasteiger partial charge on any atom is 0.325 e. The standard InChI is InChI=1S/C5H6N2O2S/c1-4(8)2-7-5(9)10-3-6-7/h3H,2H2,1H3. The van der Waals surface area contributed by atoms with Gasteiger partial charge < -0.3 is 0 Å². The predicted octanol–water partition coefficient (Wildman–Crippen LogP) is -0.106. The summed E-state index contributed by atoms with van der Waals surface area (Å²) in [6, 6.07) is 0. The van der Waals surface area contributed by atoms with E-state index in [9.17, 15) is 9.59 Å². The average molecular weight is 158 g/mol. The average Bonchev–Trinajstić information content (AvgIpc) is 2.15. The summed E-state index contributed by atoms with van der Waals surface area (Å²) in [6.07, 6.45) is 0. The highest BCUT2D eigenvalue weighted by molar-refractivity contribution is 7.06. The summed E-state index contributed by atoms with van der Waals surface area (Å²) in [6.45, 7) is 1.51. The monoisotopic (exact) mass is 158 g/mol. The molecule has 0 atom stereocenters. The van der Waals surface area contributed by atoms with E-state index in [-0.39, 0.29) is 17.2 Å². The van der Waals surface area contributed by atoms with Gasteiger partial charge >= 0.3 is 4.87 Å². The number of ketones is 1. The largest absolute Gasteiger partial charge is 0.325 e. The Morgan fingerprint density at radius 2 is 2.60 bits per heavy atom. The number of hydrogen-bond donors (Lipinski definition) is 0. The molecule has 0 saturated heterocycles. The van der Waals surface area contributed by atoms with Crippen molar-refractivity contribution in [3.8, 4) is 0 Å². The zero-order chi connectivity index (χ0) is 7.56. The first kappa shape index (κ1) is 7.14. The lowest BCUT2D eigenvalue weighted by Gasteiger charge is -1.90. The molecule has 10 heavy (non-hydrogen) atoms. The molecule has 0 fully saturated rings. The maximum absolute atomic E-state index is 10.7. The molecule has 54 valence electrons. The van der Waals surface area contributed by atoms with Crippen molar-refractivity contribution in [2.75, 3.05) is 0 Å². The molecule has 5 heteroatoms. The number of nitrogens with zero attached hydrogens (tertiary/aromatic N) is 2. The molecule has 4 nitrogen and oxygen atoms in total.